The molecule has 0 amide bonds. The number of hydrogen-bond donors (Lipinski definition) is 6. The van der Waals surface area contributed by atoms with Crippen LogP contribution in [-0.2, 0) is 27.1 Å². The molecule has 314 valence electrons. The molecule has 1 saturated heterocycles. The van der Waals surface area contributed by atoms with Crippen LogP contribution in [0.5, 0.6) is 28.7 Å². The molecule has 2 saturated carbocycles. The van der Waals surface area contributed by atoms with E-state index in [9.17, 15) is 25.2 Å². The fraction of sp³-hybridized carbons (Fsp3) is 0.558. The van der Waals surface area contributed by atoms with Gasteiger partial charge in [-0.15, -0.1) is 0 Å². The molecule has 1 aromatic heterocycles. The molecule has 4 aliphatic rings. The normalized spacial score (nSPS) is 28.6. The summed E-state index contributed by atoms with van der Waals surface area (Å²) in [6, 6.07) is 12.6. The molecule has 3 heterocycles. The van der Waals surface area contributed by atoms with Crippen LogP contribution in [0.2, 0.25) is 0 Å². The first-order valence-corrected chi connectivity index (χ1v) is 22.8. The molecule has 7 N–H and O–H groups in total. The molecule has 2 aliphatic heterocycles. The molecule has 58 heavy (non-hydrogen) atoms. The lowest BCUT2D eigenvalue weighted by Crippen LogP contribution is -2.57. The number of aliphatic hydroxyl groups excluding tert-OH is 1. The van der Waals surface area contributed by atoms with Gasteiger partial charge in [-0.1, -0.05) is 33.7 Å². The van der Waals surface area contributed by atoms with Crippen molar-refractivity contribution in [3.8, 4) is 28.7 Å². The van der Waals surface area contributed by atoms with Crippen molar-refractivity contribution in [2.75, 3.05) is 25.5 Å². The zero-order valence-corrected chi connectivity index (χ0v) is 34.6. The predicted octanol–water partition coefficient (Wildman–Crippen LogP) is 6.35. The molecular formula is C43H56N4O9S2. The number of rotatable bonds is 11. The van der Waals surface area contributed by atoms with Crippen molar-refractivity contribution in [1.82, 2.24) is 10.3 Å². The lowest BCUT2D eigenvalue weighted by atomic mass is 9.70. The number of esters is 1. The Kier molecular flexibility index (Phi) is 14.0. The Labute approximate surface area is 347 Å². The zero-order valence-electron chi connectivity index (χ0n) is 33.0. The molecule has 15 heteroatoms. The fourth-order valence-corrected chi connectivity index (χ4v) is 12.6. The fourth-order valence-electron chi connectivity index (χ4n) is 9.05. The van der Waals surface area contributed by atoms with Gasteiger partial charge in [-0.2, -0.15) is 0 Å². The number of ether oxygens (including phenoxy) is 4. The Bertz CT molecular complexity index is 1890. The van der Waals surface area contributed by atoms with Crippen molar-refractivity contribution in [1.29, 1.82) is 0 Å². The van der Waals surface area contributed by atoms with Gasteiger partial charge in [0.2, 0.25) is 5.75 Å². The Morgan fingerprint density at radius 1 is 1.10 bits per heavy atom. The molecule has 4 bridgehead atoms. The van der Waals surface area contributed by atoms with Crippen molar-refractivity contribution in [3.63, 3.8) is 0 Å². The van der Waals surface area contributed by atoms with Crippen LogP contribution in [0.4, 0.5) is 0 Å². The molecule has 7 rings (SSSR count). The van der Waals surface area contributed by atoms with Gasteiger partial charge in [0.05, 0.1) is 24.4 Å². The lowest BCUT2D eigenvalue weighted by molar-refractivity contribution is -0.191. The molecule has 2 aliphatic carbocycles. The largest absolute Gasteiger partial charge is 0.504 e. The van der Waals surface area contributed by atoms with Gasteiger partial charge in [0, 0.05) is 74.6 Å². The average Bonchev–Trinajstić information content (AvgIpc) is 3.20. The van der Waals surface area contributed by atoms with E-state index < -0.39 is 12.2 Å². The van der Waals surface area contributed by atoms with Gasteiger partial charge >= 0.3 is 5.97 Å². The number of hydrogen-bond acceptors (Lipinski definition) is 13. The Morgan fingerprint density at radius 3 is 2.79 bits per heavy atom. The molecule has 2 aromatic carbocycles. The van der Waals surface area contributed by atoms with E-state index in [0.29, 0.717) is 55.9 Å². The summed E-state index contributed by atoms with van der Waals surface area (Å²) in [4.78, 5) is 21.3. The number of phenols is 3. The second-order valence-electron chi connectivity index (χ2n) is 16.1. The van der Waals surface area contributed by atoms with Crippen LogP contribution in [0.25, 0.3) is 0 Å². The minimum absolute atomic E-state index is 0.0161. The number of carbonyl (C=O) groups excluding carboxylic acids is 1. The SMILES string of the molecule is CC(=O)O[C@H]1C[C@@H](c2cc(O)c(O)c(OCCc3cccnc3)c2)O[C@@H]2[C@H]1CC[C@H]1SSC[C@@]3(NC(N)=NCCCCO)CCC[C@H](C3)Oc3cc(ccc3O)C[C@@H]21. The van der Waals surface area contributed by atoms with Crippen LogP contribution >= 0.6 is 21.6 Å². The number of unbranched alkanes of at least 4 members (excludes halogenated alkanes) is 1. The van der Waals surface area contributed by atoms with Crippen molar-refractivity contribution in [2.45, 2.75) is 113 Å². The lowest BCUT2D eigenvalue weighted by Gasteiger charge is -2.50. The number of benzene rings is 2. The summed E-state index contributed by atoms with van der Waals surface area (Å²) in [7, 11) is 3.69. The van der Waals surface area contributed by atoms with Gasteiger partial charge in [0.1, 0.15) is 12.2 Å². The summed E-state index contributed by atoms with van der Waals surface area (Å²) in [5.74, 6) is 0.705. The number of aliphatic imine (C=N–C) groups is 1. The van der Waals surface area contributed by atoms with Gasteiger partial charge < -0.3 is 50.4 Å². The van der Waals surface area contributed by atoms with E-state index in [1.807, 2.05) is 45.9 Å². The van der Waals surface area contributed by atoms with Gasteiger partial charge in [0.25, 0.3) is 0 Å². The van der Waals surface area contributed by atoms with Gasteiger partial charge in [0.15, 0.2) is 29.0 Å². The van der Waals surface area contributed by atoms with Crippen LogP contribution in [0, 0.1) is 11.8 Å². The van der Waals surface area contributed by atoms with Crippen LogP contribution in [0.3, 0.4) is 0 Å². The standard InChI is InChI=1S/C43H56N4O9S2/c1-26(49)54-36-22-35(29-20-34(51)40(52)38(21-29)53-17-12-27-6-5-14-45-24-27)56-41-31(36)9-11-39-32(41)18-28-8-10-33(50)37(19-28)55-30-7-4-13-43(23-30,25-57-58-39)47-42(44)46-15-2-3-16-48/h5-6,8,10,14,19-21,24,30-32,35-36,39,41,48,50-52H,2-4,7,9,11-13,15-18,22-23,25H2,1H3,(H3,44,46,47)/t30-,31+,32-,35+,36+,39-,41-,43-/m1/s1. The summed E-state index contributed by atoms with van der Waals surface area (Å²) in [6.45, 7) is 2.34. The number of nitrogens with two attached hydrogens (primary N) is 1. The highest BCUT2D eigenvalue weighted by atomic mass is 33.1. The van der Waals surface area contributed by atoms with Gasteiger partial charge in [-0.05, 0) is 98.4 Å². The maximum Gasteiger partial charge on any atom is 0.302 e. The quantitative estimate of drug-likeness (QED) is 0.0312. The van der Waals surface area contributed by atoms with E-state index in [0.717, 1.165) is 55.4 Å². The summed E-state index contributed by atoms with van der Waals surface area (Å²) in [5.41, 5.74) is 8.71. The third-order valence-electron chi connectivity index (χ3n) is 11.8. The maximum absolute atomic E-state index is 12.6. The first-order chi connectivity index (χ1) is 28.1. The zero-order chi connectivity index (χ0) is 40.6. The van der Waals surface area contributed by atoms with Crippen molar-refractivity contribution in [2.24, 2.45) is 22.6 Å². The van der Waals surface area contributed by atoms with Crippen LogP contribution in [0.15, 0.2) is 59.9 Å². The van der Waals surface area contributed by atoms with Gasteiger partial charge in [-0.3, -0.25) is 14.8 Å². The minimum atomic E-state index is -0.566. The minimum Gasteiger partial charge on any atom is -0.504 e. The van der Waals surface area contributed by atoms with Gasteiger partial charge in [-0.25, -0.2) is 0 Å². The first kappa shape index (κ1) is 42.1. The van der Waals surface area contributed by atoms with E-state index >= 15 is 0 Å². The predicted molar refractivity (Wildman–Crippen MR) is 224 cm³/mol. The highest BCUT2D eigenvalue weighted by Crippen LogP contribution is 2.53. The third kappa shape index (κ3) is 10.4. The van der Waals surface area contributed by atoms with Crippen molar-refractivity contribution in [3.05, 3.63) is 71.5 Å². The second-order valence-corrected chi connectivity index (χ2v) is 18.7. The number of carbonyl (C=O) groups is 1. The second kappa shape index (κ2) is 19.3. The Hall–Kier alpha value is -4.05. The van der Waals surface area contributed by atoms with E-state index in [1.165, 1.54) is 13.0 Å². The summed E-state index contributed by atoms with van der Waals surface area (Å²) in [5, 5.41) is 45.7. The van der Waals surface area contributed by atoms with E-state index in [2.05, 4.69) is 15.3 Å². The number of nitrogens with one attached hydrogen (secondary N) is 1. The van der Waals surface area contributed by atoms with Crippen molar-refractivity contribution >= 4 is 33.5 Å². The molecule has 0 radical (unpaired) electrons. The highest BCUT2D eigenvalue weighted by Gasteiger charge is 2.50. The monoisotopic (exact) mass is 836 g/mol. The molecular weight excluding hydrogens is 781 g/mol. The first-order valence-electron chi connectivity index (χ1n) is 20.5. The summed E-state index contributed by atoms with van der Waals surface area (Å²) >= 11 is 0. The number of aromatic nitrogens is 1. The smallest absolute Gasteiger partial charge is 0.302 e. The molecule has 8 atom stereocenters. The topological polar surface area (TPSA) is 198 Å². The number of nitrogens with zero attached hydrogens (tertiary/aromatic N) is 2. The number of aromatic hydroxyl groups is 3. The van der Waals surface area contributed by atoms with Crippen LogP contribution in [0.1, 0.15) is 87.5 Å². The van der Waals surface area contributed by atoms with Crippen LogP contribution < -0.4 is 20.5 Å². The van der Waals surface area contributed by atoms with Crippen molar-refractivity contribution < 1.29 is 44.2 Å². The molecule has 3 aromatic rings. The van der Waals surface area contributed by atoms with E-state index in [4.69, 9.17) is 24.7 Å². The number of guanidine groups is 1. The van der Waals surface area contributed by atoms with E-state index in [-0.39, 0.29) is 77.0 Å². The Balaban J connectivity index is 1.17. The highest BCUT2D eigenvalue weighted by molar-refractivity contribution is 8.77. The maximum atomic E-state index is 12.6. The van der Waals surface area contributed by atoms with Crippen LogP contribution in [-0.4, -0.2) is 92.0 Å². The average molecular weight is 837 g/mol. The Morgan fingerprint density at radius 2 is 1.98 bits per heavy atom. The van der Waals surface area contributed by atoms with E-state index in [1.54, 1.807) is 24.5 Å². The summed E-state index contributed by atoms with van der Waals surface area (Å²) in [6.07, 6.45) is 10.1. The summed E-state index contributed by atoms with van der Waals surface area (Å²) < 4.78 is 25.8. The molecule has 3 fully saturated rings. The number of phenolic OH excluding ortho intramolecular Hbond substituents is 3. The number of pyridine rings is 1. The molecule has 13 nitrogen and oxygen atoms in total. The third-order valence-corrected chi connectivity index (χ3v) is 15.0. The molecule has 0 unspecified atom stereocenters. The number of fused-ring (bicyclic) bond motifs is 7. The molecule has 0 spiro atoms. The number of aliphatic hydroxyl groups is 1.